The first-order valence-corrected chi connectivity index (χ1v) is 11.9. The number of hydrogen-bond donors (Lipinski definition) is 2. The first-order valence-electron chi connectivity index (χ1n) is 10.7. The Hall–Kier alpha value is -2.88. The van der Waals surface area contributed by atoms with Crippen LogP contribution in [0.15, 0.2) is 47.1 Å². The Balaban J connectivity index is 1.55. The maximum Gasteiger partial charge on any atom is 0.262 e. The molecule has 1 fully saturated rings. The number of methoxy groups -OCH3 is 1. The molecule has 0 radical (unpaired) electrons. The molecule has 1 aliphatic rings. The smallest absolute Gasteiger partial charge is 0.262 e. The van der Waals surface area contributed by atoms with E-state index in [4.69, 9.17) is 21.1 Å². The molecule has 178 valence electrons. The molecule has 34 heavy (non-hydrogen) atoms. The predicted octanol–water partition coefficient (Wildman–Crippen LogP) is 5.29. The summed E-state index contributed by atoms with van der Waals surface area (Å²) in [4.78, 5) is 23.9. The third-order valence-electron chi connectivity index (χ3n) is 5.42. The number of hydrogen-bond acceptors (Lipinski definition) is 7. The zero-order valence-corrected chi connectivity index (χ0v) is 21.4. The van der Waals surface area contributed by atoms with Crippen LogP contribution in [-0.4, -0.2) is 54.1 Å². The standard InChI is InChI=1S/C24H25BrClN5O3/c1-14-7-8-20(34-15-9-10-31(2)13-15)19(11-14)28-24-27-12-16(23(30-24)33-3)22(32)29-21-17(25)5-4-6-18(21)26/h4-8,11-12,15H,9-10,13H2,1-3H3,(H,29,32)(H,27,28,30)/t15-/m1/s1. The Morgan fingerprint density at radius 2 is 2.12 bits per heavy atom. The molecule has 10 heteroatoms. The lowest BCUT2D eigenvalue weighted by Crippen LogP contribution is -2.21. The first-order chi connectivity index (χ1) is 16.3. The van der Waals surface area contributed by atoms with Gasteiger partial charge in [0, 0.05) is 23.8 Å². The molecule has 1 saturated heterocycles. The highest BCUT2D eigenvalue weighted by atomic mass is 79.9. The zero-order chi connectivity index (χ0) is 24.2. The molecule has 0 saturated carbocycles. The minimum absolute atomic E-state index is 0.124. The van der Waals surface area contributed by atoms with E-state index in [1.807, 2.05) is 25.1 Å². The van der Waals surface area contributed by atoms with E-state index in [1.54, 1.807) is 18.2 Å². The van der Waals surface area contributed by atoms with Crippen LogP contribution in [0.4, 0.5) is 17.3 Å². The van der Waals surface area contributed by atoms with E-state index in [1.165, 1.54) is 13.3 Å². The van der Waals surface area contributed by atoms with Gasteiger partial charge in [-0.05, 0) is 66.2 Å². The zero-order valence-electron chi connectivity index (χ0n) is 19.1. The summed E-state index contributed by atoms with van der Waals surface area (Å²) in [5.41, 5.74) is 2.44. The second-order valence-corrected chi connectivity index (χ2v) is 9.34. The lowest BCUT2D eigenvalue weighted by Gasteiger charge is -2.18. The topological polar surface area (TPSA) is 88.6 Å². The van der Waals surface area contributed by atoms with Crippen LogP contribution in [0.3, 0.4) is 0 Å². The molecule has 0 spiro atoms. The molecule has 2 heterocycles. The van der Waals surface area contributed by atoms with Crippen molar-refractivity contribution in [3.63, 3.8) is 0 Å². The van der Waals surface area contributed by atoms with Gasteiger partial charge < -0.3 is 25.0 Å². The third-order valence-corrected chi connectivity index (χ3v) is 6.39. The van der Waals surface area contributed by atoms with Gasteiger partial charge in [0.15, 0.2) is 0 Å². The van der Waals surface area contributed by atoms with Gasteiger partial charge in [-0.15, -0.1) is 0 Å². The third kappa shape index (κ3) is 5.60. The lowest BCUT2D eigenvalue weighted by atomic mass is 10.2. The molecule has 8 nitrogen and oxygen atoms in total. The highest BCUT2D eigenvalue weighted by Crippen LogP contribution is 2.33. The van der Waals surface area contributed by atoms with Gasteiger partial charge in [0.1, 0.15) is 17.4 Å². The maximum atomic E-state index is 12.9. The van der Waals surface area contributed by atoms with Crippen LogP contribution in [0.25, 0.3) is 0 Å². The van der Waals surface area contributed by atoms with E-state index in [0.717, 1.165) is 36.5 Å². The van der Waals surface area contributed by atoms with E-state index in [0.29, 0.717) is 15.2 Å². The van der Waals surface area contributed by atoms with Crippen molar-refractivity contribution >= 4 is 50.8 Å². The number of aromatic nitrogens is 2. The molecule has 4 rings (SSSR count). The summed E-state index contributed by atoms with van der Waals surface area (Å²) < 4.78 is 12.3. The summed E-state index contributed by atoms with van der Waals surface area (Å²) in [5.74, 6) is 0.693. The number of carbonyl (C=O) groups excluding carboxylic acids is 1. The van der Waals surface area contributed by atoms with Crippen LogP contribution in [-0.2, 0) is 0 Å². The lowest BCUT2D eigenvalue weighted by molar-refractivity contribution is 0.102. The molecule has 0 unspecified atom stereocenters. The van der Waals surface area contributed by atoms with Crippen LogP contribution in [0.5, 0.6) is 11.6 Å². The number of anilines is 3. The number of halogens is 2. The summed E-state index contributed by atoms with van der Waals surface area (Å²) in [6.07, 6.45) is 2.51. The molecule has 2 N–H and O–H groups in total. The van der Waals surface area contributed by atoms with Crippen molar-refractivity contribution < 1.29 is 14.3 Å². The minimum atomic E-state index is -0.442. The van der Waals surface area contributed by atoms with Crippen molar-refractivity contribution in [2.45, 2.75) is 19.4 Å². The fraction of sp³-hybridized carbons (Fsp3) is 0.292. The van der Waals surface area contributed by atoms with E-state index in [2.05, 4.69) is 48.5 Å². The second kappa shape index (κ2) is 10.6. The number of carbonyl (C=O) groups is 1. The van der Waals surface area contributed by atoms with Crippen molar-refractivity contribution in [3.8, 4) is 11.6 Å². The summed E-state index contributed by atoms with van der Waals surface area (Å²) in [6, 6.07) is 11.2. The number of nitrogens with zero attached hydrogens (tertiary/aromatic N) is 3. The molecule has 0 aliphatic carbocycles. The molecule has 1 aromatic heterocycles. The number of para-hydroxylation sites is 1. The molecule has 3 aromatic rings. The average Bonchev–Trinajstić information content (AvgIpc) is 3.22. The van der Waals surface area contributed by atoms with Gasteiger partial charge in [-0.25, -0.2) is 4.98 Å². The van der Waals surface area contributed by atoms with E-state index in [9.17, 15) is 4.79 Å². The summed E-state index contributed by atoms with van der Waals surface area (Å²) in [5, 5.41) is 6.39. The molecule has 0 bridgehead atoms. The van der Waals surface area contributed by atoms with Gasteiger partial charge in [-0.1, -0.05) is 23.7 Å². The largest absolute Gasteiger partial charge is 0.487 e. The molecule has 2 aromatic carbocycles. The van der Waals surface area contributed by atoms with Crippen molar-refractivity contribution in [3.05, 3.63) is 63.2 Å². The number of benzene rings is 2. The fourth-order valence-corrected chi connectivity index (χ4v) is 4.47. The molecular weight excluding hydrogens is 522 g/mol. The number of likely N-dealkylation sites (tertiary alicyclic amines) is 1. The van der Waals surface area contributed by atoms with E-state index >= 15 is 0 Å². The number of ether oxygens (including phenoxy) is 2. The Morgan fingerprint density at radius 1 is 1.29 bits per heavy atom. The van der Waals surface area contributed by atoms with Crippen LogP contribution < -0.4 is 20.1 Å². The van der Waals surface area contributed by atoms with Gasteiger partial charge >= 0.3 is 0 Å². The van der Waals surface area contributed by atoms with Crippen LogP contribution >= 0.6 is 27.5 Å². The quantitative estimate of drug-likeness (QED) is 0.416. The molecule has 1 amide bonds. The average molecular weight is 547 g/mol. The molecular formula is C24H25BrClN5O3. The highest BCUT2D eigenvalue weighted by molar-refractivity contribution is 9.10. The van der Waals surface area contributed by atoms with Crippen molar-refractivity contribution in [2.75, 3.05) is 37.9 Å². The second-order valence-electron chi connectivity index (χ2n) is 8.08. The van der Waals surface area contributed by atoms with Gasteiger partial charge in [-0.2, -0.15) is 4.98 Å². The summed E-state index contributed by atoms with van der Waals surface area (Å²) in [7, 11) is 3.53. The van der Waals surface area contributed by atoms with Crippen molar-refractivity contribution in [1.82, 2.24) is 14.9 Å². The number of amides is 1. The van der Waals surface area contributed by atoms with Crippen LogP contribution in [0.1, 0.15) is 22.3 Å². The minimum Gasteiger partial charge on any atom is -0.487 e. The molecule has 1 atom stereocenters. The predicted molar refractivity (Wildman–Crippen MR) is 137 cm³/mol. The molecule has 1 aliphatic heterocycles. The number of nitrogens with one attached hydrogen (secondary N) is 2. The monoisotopic (exact) mass is 545 g/mol. The van der Waals surface area contributed by atoms with Gasteiger partial charge in [-0.3, -0.25) is 4.79 Å². The first kappa shape index (κ1) is 24.3. The van der Waals surface area contributed by atoms with Crippen molar-refractivity contribution in [2.24, 2.45) is 0 Å². The van der Waals surface area contributed by atoms with Crippen LogP contribution in [0, 0.1) is 6.92 Å². The maximum absolute atomic E-state index is 12.9. The Bertz CT molecular complexity index is 1190. The van der Waals surface area contributed by atoms with E-state index in [-0.39, 0.29) is 23.5 Å². The van der Waals surface area contributed by atoms with Gasteiger partial charge in [0.05, 0.1) is 23.5 Å². The Kier molecular flexibility index (Phi) is 7.55. The van der Waals surface area contributed by atoms with Crippen molar-refractivity contribution in [1.29, 1.82) is 0 Å². The van der Waals surface area contributed by atoms with Gasteiger partial charge in [0.2, 0.25) is 11.8 Å². The normalized spacial score (nSPS) is 15.7. The summed E-state index contributed by atoms with van der Waals surface area (Å²) in [6.45, 7) is 3.89. The van der Waals surface area contributed by atoms with Crippen LogP contribution in [0.2, 0.25) is 5.02 Å². The van der Waals surface area contributed by atoms with E-state index < -0.39 is 5.91 Å². The van der Waals surface area contributed by atoms with Gasteiger partial charge in [0.25, 0.3) is 5.91 Å². The number of likely N-dealkylation sites (N-methyl/N-ethyl adjacent to an activating group) is 1. The number of rotatable bonds is 7. The Morgan fingerprint density at radius 3 is 2.82 bits per heavy atom. The fourth-order valence-electron chi connectivity index (χ4n) is 3.67. The number of aryl methyl sites for hydroxylation is 1. The summed E-state index contributed by atoms with van der Waals surface area (Å²) >= 11 is 9.61. The highest BCUT2D eigenvalue weighted by Gasteiger charge is 2.23. The Labute approximate surface area is 211 Å². The SMILES string of the molecule is COc1nc(Nc2cc(C)ccc2O[C@@H]2CCN(C)C2)ncc1C(=O)Nc1c(Cl)cccc1Br.